The summed E-state index contributed by atoms with van der Waals surface area (Å²) < 4.78 is 0. The molecule has 80 valence electrons. The molecule has 0 aromatic rings. The third kappa shape index (κ3) is 1.47. The van der Waals surface area contributed by atoms with Crippen LogP contribution < -0.4 is 5.43 Å². The van der Waals surface area contributed by atoms with Crippen molar-refractivity contribution in [2.75, 3.05) is 13.1 Å². The van der Waals surface area contributed by atoms with Crippen molar-refractivity contribution in [3.8, 4) is 0 Å². The molecule has 1 aliphatic carbocycles. The molecule has 2 atom stereocenters. The van der Waals surface area contributed by atoms with Gasteiger partial charge in [-0.15, -0.1) is 0 Å². The summed E-state index contributed by atoms with van der Waals surface area (Å²) >= 11 is 0. The Morgan fingerprint density at radius 1 is 0.857 bits per heavy atom. The minimum absolute atomic E-state index is 0.760. The van der Waals surface area contributed by atoms with E-state index in [2.05, 4.69) is 15.6 Å². The fourth-order valence-electron chi connectivity index (χ4n) is 3.25. The number of hydrogen-bond donors (Lipinski definition) is 1. The molecule has 0 radical (unpaired) electrons. The van der Waals surface area contributed by atoms with Crippen molar-refractivity contribution in [3.05, 3.63) is 0 Å². The molecule has 0 aromatic heterocycles. The molecule has 0 aromatic carbocycles. The zero-order valence-electron chi connectivity index (χ0n) is 8.91. The van der Waals surface area contributed by atoms with Crippen molar-refractivity contribution in [1.29, 1.82) is 0 Å². The van der Waals surface area contributed by atoms with Crippen LogP contribution in [0, 0.1) is 0 Å². The van der Waals surface area contributed by atoms with Crippen LogP contribution in [0.2, 0.25) is 0 Å². The second kappa shape index (κ2) is 3.80. The first-order valence-electron chi connectivity index (χ1n) is 6.25. The van der Waals surface area contributed by atoms with E-state index in [9.17, 15) is 0 Å². The Balaban J connectivity index is 1.75. The van der Waals surface area contributed by atoms with Crippen LogP contribution in [-0.2, 0) is 0 Å². The largest absolute Gasteiger partial charge is 0.237 e. The first-order chi connectivity index (χ1) is 6.95. The van der Waals surface area contributed by atoms with Crippen molar-refractivity contribution in [2.45, 2.75) is 57.0 Å². The molecule has 3 fully saturated rings. The predicted molar refractivity (Wildman–Crippen MR) is 56.4 cm³/mol. The maximum atomic E-state index is 3.69. The highest BCUT2D eigenvalue weighted by Gasteiger charge is 2.40. The normalized spacial score (nSPS) is 40.3. The maximum absolute atomic E-state index is 3.69. The molecular formula is C11H21N3. The Bertz CT molecular complexity index is 207. The van der Waals surface area contributed by atoms with Crippen LogP contribution in [0.25, 0.3) is 0 Å². The summed E-state index contributed by atoms with van der Waals surface area (Å²) in [7, 11) is 0. The summed E-state index contributed by atoms with van der Waals surface area (Å²) in [6.45, 7) is 2.52. The molecule has 3 heteroatoms. The van der Waals surface area contributed by atoms with Crippen LogP contribution in [0.3, 0.4) is 0 Å². The first kappa shape index (κ1) is 9.13. The van der Waals surface area contributed by atoms with E-state index < -0.39 is 0 Å². The minimum Gasteiger partial charge on any atom is -0.237 e. The lowest BCUT2D eigenvalue weighted by atomic mass is 10.0. The number of rotatable bonds is 0. The average molecular weight is 195 g/mol. The summed E-state index contributed by atoms with van der Waals surface area (Å²) in [6.07, 6.45) is 9.86. The molecule has 3 rings (SSSR count). The minimum atomic E-state index is 0.760. The van der Waals surface area contributed by atoms with Crippen molar-refractivity contribution < 1.29 is 0 Å². The van der Waals surface area contributed by atoms with E-state index >= 15 is 0 Å². The lowest BCUT2D eigenvalue weighted by molar-refractivity contribution is -0.0600. The van der Waals surface area contributed by atoms with E-state index in [0.717, 1.165) is 12.1 Å². The van der Waals surface area contributed by atoms with Gasteiger partial charge in [0.15, 0.2) is 0 Å². The second-order valence-corrected chi connectivity index (χ2v) is 4.93. The zero-order valence-corrected chi connectivity index (χ0v) is 8.91. The molecule has 2 unspecified atom stereocenters. The van der Waals surface area contributed by atoms with Gasteiger partial charge in [0, 0.05) is 25.2 Å². The Morgan fingerprint density at radius 2 is 1.71 bits per heavy atom. The van der Waals surface area contributed by atoms with Crippen LogP contribution in [-0.4, -0.2) is 35.3 Å². The van der Waals surface area contributed by atoms with Gasteiger partial charge in [-0.3, -0.25) is 0 Å². The Labute approximate surface area is 86.4 Å². The maximum Gasteiger partial charge on any atom is 0.0426 e. The van der Waals surface area contributed by atoms with Gasteiger partial charge in [0.2, 0.25) is 0 Å². The molecule has 14 heavy (non-hydrogen) atoms. The molecule has 2 heterocycles. The van der Waals surface area contributed by atoms with E-state index in [-0.39, 0.29) is 0 Å². The molecule has 0 amide bonds. The highest BCUT2D eigenvalue weighted by atomic mass is 15.8. The zero-order chi connectivity index (χ0) is 9.38. The van der Waals surface area contributed by atoms with Crippen molar-refractivity contribution >= 4 is 0 Å². The molecule has 2 aliphatic heterocycles. The van der Waals surface area contributed by atoms with E-state index in [1.54, 1.807) is 0 Å². The fourth-order valence-corrected chi connectivity index (χ4v) is 3.25. The van der Waals surface area contributed by atoms with Gasteiger partial charge in [0.05, 0.1) is 0 Å². The molecule has 2 saturated heterocycles. The lowest BCUT2D eigenvalue weighted by Crippen LogP contribution is -2.48. The van der Waals surface area contributed by atoms with Crippen LogP contribution in [0.4, 0.5) is 0 Å². The second-order valence-electron chi connectivity index (χ2n) is 4.93. The topological polar surface area (TPSA) is 18.5 Å². The number of nitrogens with one attached hydrogen (secondary N) is 1. The third-order valence-electron chi connectivity index (χ3n) is 3.99. The van der Waals surface area contributed by atoms with Gasteiger partial charge in [-0.05, 0) is 25.7 Å². The summed E-state index contributed by atoms with van der Waals surface area (Å²) in [6, 6.07) is 1.58. The summed E-state index contributed by atoms with van der Waals surface area (Å²) in [5.41, 5.74) is 3.69. The summed E-state index contributed by atoms with van der Waals surface area (Å²) in [5, 5.41) is 5.02. The number of hydrazine groups is 2. The van der Waals surface area contributed by atoms with Gasteiger partial charge in [-0.1, -0.05) is 19.3 Å². The van der Waals surface area contributed by atoms with E-state index in [0.29, 0.717) is 0 Å². The number of fused-ring (bicyclic) bond motifs is 3. The van der Waals surface area contributed by atoms with Gasteiger partial charge in [-0.2, -0.15) is 5.12 Å². The molecule has 0 spiro atoms. The summed E-state index contributed by atoms with van der Waals surface area (Å²) in [4.78, 5) is 0. The molecule has 0 bridgehead atoms. The monoisotopic (exact) mass is 195 g/mol. The van der Waals surface area contributed by atoms with Crippen molar-refractivity contribution in [3.63, 3.8) is 0 Å². The van der Waals surface area contributed by atoms with Gasteiger partial charge in [0.1, 0.15) is 0 Å². The first-order valence-corrected chi connectivity index (χ1v) is 6.25. The molecule has 1 N–H and O–H groups in total. The highest BCUT2D eigenvalue weighted by Crippen LogP contribution is 2.30. The SMILES string of the molecule is C1CCC2NN3CCCCN3C2CC1. The van der Waals surface area contributed by atoms with Crippen LogP contribution in [0.1, 0.15) is 44.9 Å². The Kier molecular flexibility index (Phi) is 2.48. The van der Waals surface area contributed by atoms with Gasteiger partial charge in [0.25, 0.3) is 0 Å². The predicted octanol–water partition coefficient (Wildman–Crippen LogP) is 1.52. The molecule has 1 saturated carbocycles. The Hall–Kier alpha value is -0.120. The summed E-state index contributed by atoms with van der Waals surface area (Å²) in [5.74, 6) is 0. The number of nitrogens with zero attached hydrogens (tertiary/aromatic N) is 2. The van der Waals surface area contributed by atoms with Crippen molar-refractivity contribution in [1.82, 2.24) is 15.6 Å². The average Bonchev–Trinajstić information content (AvgIpc) is 2.42. The molecular weight excluding hydrogens is 174 g/mol. The van der Waals surface area contributed by atoms with Crippen molar-refractivity contribution in [2.24, 2.45) is 0 Å². The van der Waals surface area contributed by atoms with E-state index in [1.807, 2.05) is 0 Å². The van der Waals surface area contributed by atoms with Crippen LogP contribution in [0.15, 0.2) is 0 Å². The van der Waals surface area contributed by atoms with Crippen LogP contribution in [0.5, 0.6) is 0 Å². The Morgan fingerprint density at radius 3 is 2.71 bits per heavy atom. The van der Waals surface area contributed by atoms with E-state index in [1.165, 1.54) is 58.0 Å². The standard InChI is InChI=1S/C11H21N3/c1-2-6-10-11(7-3-1)13-8-4-5-9-14(13)12-10/h10-12H,1-9H2. The van der Waals surface area contributed by atoms with Gasteiger partial charge < -0.3 is 0 Å². The fraction of sp³-hybridized carbons (Fsp3) is 1.00. The van der Waals surface area contributed by atoms with E-state index in [4.69, 9.17) is 0 Å². The smallest absolute Gasteiger partial charge is 0.0426 e. The molecule has 3 aliphatic rings. The van der Waals surface area contributed by atoms with Gasteiger partial charge in [-0.25, -0.2) is 10.4 Å². The van der Waals surface area contributed by atoms with Crippen LogP contribution >= 0.6 is 0 Å². The highest BCUT2D eigenvalue weighted by molar-refractivity contribution is 4.91. The third-order valence-corrected chi connectivity index (χ3v) is 3.99. The molecule has 3 nitrogen and oxygen atoms in total. The van der Waals surface area contributed by atoms with Gasteiger partial charge >= 0.3 is 0 Å². The quantitative estimate of drug-likeness (QED) is 0.632. The lowest BCUT2D eigenvalue weighted by Gasteiger charge is -2.34. The number of hydrogen-bond acceptors (Lipinski definition) is 3.